The molecular formula is C14H25N3O2. The molecule has 1 aromatic heterocycles. The maximum absolute atomic E-state index is 5.66. The molecule has 0 aromatic carbocycles. The Morgan fingerprint density at radius 2 is 2.21 bits per heavy atom. The van der Waals surface area contributed by atoms with Gasteiger partial charge in [-0.1, -0.05) is 12.1 Å². The Labute approximate surface area is 115 Å². The molecule has 0 radical (unpaired) electrons. The summed E-state index contributed by atoms with van der Waals surface area (Å²) in [7, 11) is 0. The average Bonchev–Trinajstić information content (AvgIpc) is 2.87. The lowest BCUT2D eigenvalue weighted by Gasteiger charge is -2.30. The fraction of sp³-hybridized carbons (Fsp3) is 0.786. The number of aromatic nitrogens is 1. The number of nitrogens with one attached hydrogen (secondary N) is 1. The fourth-order valence-electron chi connectivity index (χ4n) is 2.46. The SMILES string of the molecule is CCNCc1cc(CN2CCC(OCC)CC2)on1. The summed E-state index contributed by atoms with van der Waals surface area (Å²) in [5.41, 5.74) is 0.987. The Balaban J connectivity index is 1.74. The van der Waals surface area contributed by atoms with Crippen molar-refractivity contribution in [3.63, 3.8) is 0 Å². The van der Waals surface area contributed by atoms with E-state index >= 15 is 0 Å². The summed E-state index contributed by atoms with van der Waals surface area (Å²) in [5, 5.41) is 7.32. The monoisotopic (exact) mass is 267 g/mol. The molecule has 1 aliphatic rings. The molecular weight excluding hydrogens is 242 g/mol. The van der Waals surface area contributed by atoms with E-state index in [2.05, 4.69) is 35.3 Å². The zero-order chi connectivity index (χ0) is 13.5. The lowest BCUT2D eigenvalue weighted by Crippen LogP contribution is -2.36. The molecule has 0 spiro atoms. The number of hydrogen-bond acceptors (Lipinski definition) is 5. The van der Waals surface area contributed by atoms with E-state index in [-0.39, 0.29) is 0 Å². The fourth-order valence-corrected chi connectivity index (χ4v) is 2.46. The van der Waals surface area contributed by atoms with Crippen molar-refractivity contribution in [2.75, 3.05) is 26.2 Å². The standard InChI is InChI=1S/C14H25N3O2/c1-3-15-10-12-9-14(19-16-12)11-17-7-5-13(6-8-17)18-4-2/h9,13,15H,3-8,10-11H2,1-2H3. The van der Waals surface area contributed by atoms with Crippen LogP contribution in [0.5, 0.6) is 0 Å². The van der Waals surface area contributed by atoms with Crippen LogP contribution in [0.2, 0.25) is 0 Å². The van der Waals surface area contributed by atoms with Crippen LogP contribution in [0, 0.1) is 0 Å². The maximum atomic E-state index is 5.66. The first kappa shape index (κ1) is 14.5. The van der Waals surface area contributed by atoms with Gasteiger partial charge >= 0.3 is 0 Å². The molecule has 5 nitrogen and oxygen atoms in total. The van der Waals surface area contributed by atoms with Crippen LogP contribution in [-0.2, 0) is 17.8 Å². The van der Waals surface area contributed by atoms with Gasteiger partial charge in [0.1, 0.15) is 0 Å². The highest BCUT2D eigenvalue weighted by Gasteiger charge is 2.20. The number of likely N-dealkylation sites (tertiary alicyclic amines) is 1. The summed E-state index contributed by atoms with van der Waals surface area (Å²) in [6, 6.07) is 2.05. The van der Waals surface area contributed by atoms with Crippen LogP contribution in [0.15, 0.2) is 10.6 Å². The summed E-state index contributed by atoms with van der Waals surface area (Å²) in [6.45, 7) is 9.72. The molecule has 1 saturated heterocycles. The predicted octanol–water partition coefficient (Wildman–Crippen LogP) is 1.78. The number of hydrogen-bond donors (Lipinski definition) is 1. The number of nitrogens with zero attached hydrogens (tertiary/aromatic N) is 2. The van der Waals surface area contributed by atoms with Gasteiger partial charge in [-0.25, -0.2) is 0 Å². The van der Waals surface area contributed by atoms with E-state index in [4.69, 9.17) is 9.26 Å². The van der Waals surface area contributed by atoms with Crippen LogP contribution in [0.3, 0.4) is 0 Å². The lowest BCUT2D eigenvalue weighted by atomic mass is 10.1. The van der Waals surface area contributed by atoms with Gasteiger partial charge in [0, 0.05) is 32.3 Å². The summed E-state index contributed by atoms with van der Waals surface area (Å²) < 4.78 is 11.0. The van der Waals surface area contributed by atoms with Gasteiger partial charge in [0.2, 0.25) is 0 Å². The van der Waals surface area contributed by atoms with E-state index in [0.29, 0.717) is 6.10 Å². The van der Waals surface area contributed by atoms with Crippen LogP contribution in [0.4, 0.5) is 0 Å². The predicted molar refractivity (Wildman–Crippen MR) is 73.8 cm³/mol. The summed E-state index contributed by atoms with van der Waals surface area (Å²) in [5.74, 6) is 0.961. The summed E-state index contributed by atoms with van der Waals surface area (Å²) in [4.78, 5) is 2.41. The molecule has 1 aliphatic heterocycles. The van der Waals surface area contributed by atoms with E-state index in [0.717, 1.165) is 63.6 Å². The van der Waals surface area contributed by atoms with Gasteiger partial charge in [-0.05, 0) is 26.3 Å². The van der Waals surface area contributed by atoms with Crippen molar-refractivity contribution in [3.8, 4) is 0 Å². The molecule has 0 aliphatic carbocycles. The molecule has 0 atom stereocenters. The van der Waals surface area contributed by atoms with Crippen molar-refractivity contribution in [3.05, 3.63) is 17.5 Å². The first-order chi connectivity index (χ1) is 9.31. The first-order valence-electron chi connectivity index (χ1n) is 7.31. The minimum Gasteiger partial charge on any atom is -0.378 e. The van der Waals surface area contributed by atoms with Crippen molar-refractivity contribution in [2.24, 2.45) is 0 Å². The molecule has 108 valence electrons. The van der Waals surface area contributed by atoms with Crippen LogP contribution in [-0.4, -0.2) is 42.4 Å². The Morgan fingerprint density at radius 1 is 1.42 bits per heavy atom. The van der Waals surface area contributed by atoms with Crippen LogP contribution >= 0.6 is 0 Å². The molecule has 0 amide bonds. The Bertz CT molecular complexity index is 359. The normalized spacial score (nSPS) is 18.0. The van der Waals surface area contributed by atoms with Gasteiger partial charge in [0.05, 0.1) is 18.3 Å². The Kier molecular flexibility index (Phi) is 5.82. The first-order valence-corrected chi connectivity index (χ1v) is 7.31. The van der Waals surface area contributed by atoms with E-state index in [1.165, 1.54) is 0 Å². The zero-order valence-electron chi connectivity index (χ0n) is 12.0. The van der Waals surface area contributed by atoms with E-state index < -0.39 is 0 Å². The highest BCUT2D eigenvalue weighted by Crippen LogP contribution is 2.16. The van der Waals surface area contributed by atoms with Crippen molar-refractivity contribution in [1.29, 1.82) is 0 Å². The molecule has 2 rings (SSSR count). The quantitative estimate of drug-likeness (QED) is 0.816. The minimum absolute atomic E-state index is 0.445. The number of piperidine rings is 1. The van der Waals surface area contributed by atoms with E-state index in [1.54, 1.807) is 0 Å². The second-order valence-corrected chi connectivity index (χ2v) is 5.00. The van der Waals surface area contributed by atoms with Crippen molar-refractivity contribution >= 4 is 0 Å². The highest BCUT2D eigenvalue weighted by atomic mass is 16.5. The van der Waals surface area contributed by atoms with Crippen molar-refractivity contribution < 1.29 is 9.26 Å². The number of rotatable bonds is 7. The van der Waals surface area contributed by atoms with Gasteiger partial charge in [0.25, 0.3) is 0 Å². The van der Waals surface area contributed by atoms with E-state index in [9.17, 15) is 0 Å². The smallest absolute Gasteiger partial charge is 0.151 e. The van der Waals surface area contributed by atoms with Gasteiger partial charge in [-0.3, -0.25) is 4.90 Å². The second kappa shape index (κ2) is 7.62. The molecule has 1 N–H and O–H groups in total. The van der Waals surface area contributed by atoms with Crippen LogP contribution in [0.25, 0.3) is 0 Å². The molecule has 1 fully saturated rings. The lowest BCUT2D eigenvalue weighted by molar-refractivity contribution is 0.0108. The topological polar surface area (TPSA) is 50.5 Å². The second-order valence-electron chi connectivity index (χ2n) is 5.00. The largest absolute Gasteiger partial charge is 0.378 e. The van der Waals surface area contributed by atoms with Gasteiger partial charge in [0.15, 0.2) is 5.76 Å². The minimum atomic E-state index is 0.445. The Morgan fingerprint density at radius 3 is 2.89 bits per heavy atom. The van der Waals surface area contributed by atoms with Crippen LogP contribution in [0.1, 0.15) is 38.1 Å². The van der Waals surface area contributed by atoms with Crippen molar-refractivity contribution in [2.45, 2.75) is 45.9 Å². The maximum Gasteiger partial charge on any atom is 0.151 e. The molecule has 19 heavy (non-hydrogen) atoms. The zero-order valence-corrected chi connectivity index (χ0v) is 12.0. The van der Waals surface area contributed by atoms with Crippen LogP contribution < -0.4 is 5.32 Å². The summed E-state index contributed by atoms with van der Waals surface area (Å²) in [6.07, 6.45) is 2.68. The van der Waals surface area contributed by atoms with Gasteiger partial charge in [-0.15, -0.1) is 0 Å². The van der Waals surface area contributed by atoms with Gasteiger partial charge < -0.3 is 14.6 Å². The van der Waals surface area contributed by atoms with Crippen molar-refractivity contribution in [1.82, 2.24) is 15.4 Å². The molecule has 0 bridgehead atoms. The number of ether oxygens (including phenoxy) is 1. The molecule has 0 saturated carbocycles. The third-order valence-electron chi connectivity index (χ3n) is 3.48. The highest BCUT2D eigenvalue weighted by molar-refractivity contribution is 5.05. The van der Waals surface area contributed by atoms with E-state index in [1.807, 2.05) is 0 Å². The Hall–Kier alpha value is -0.910. The third kappa shape index (κ3) is 4.60. The third-order valence-corrected chi connectivity index (χ3v) is 3.48. The molecule has 5 heteroatoms. The molecule has 1 aromatic rings. The average molecular weight is 267 g/mol. The molecule has 0 unspecified atom stereocenters. The van der Waals surface area contributed by atoms with Gasteiger partial charge in [-0.2, -0.15) is 0 Å². The summed E-state index contributed by atoms with van der Waals surface area (Å²) >= 11 is 0. The molecule has 2 heterocycles.